The second-order valence-electron chi connectivity index (χ2n) is 13.4. The van der Waals surface area contributed by atoms with E-state index in [1.165, 1.54) is 16.9 Å². The molecule has 4 N–H and O–H groups in total. The fourth-order valence-electron chi connectivity index (χ4n) is 5.83. The predicted molar refractivity (Wildman–Crippen MR) is 183 cm³/mol. The minimum atomic E-state index is -1.38. The zero-order valence-electron chi connectivity index (χ0n) is 29.2. The van der Waals surface area contributed by atoms with E-state index in [0.717, 1.165) is 17.3 Å². The van der Waals surface area contributed by atoms with Crippen LogP contribution in [0.1, 0.15) is 72.3 Å². The van der Waals surface area contributed by atoms with Gasteiger partial charge in [-0.3, -0.25) is 19.2 Å². The Morgan fingerprint density at radius 3 is 2.20 bits per heavy atom. The van der Waals surface area contributed by atoms with E-state index in [4.69, 9.17) is 9.47 Å². The number of amides is 5. The molecule has 1 aromatic rings. The third-order valence-corrected chi connectivity index (χ3v) is 9.67. The van der Waals surface area contributed by atoms with Crippen LogP contribution in [0.5, 0.6) is 0 Å². The van der Waals surface area contributed by atoms with Gasteiger partial charge >= 0.3 is 12.1 Å². The first-order chi connectivity index (χ1) is 23.2. The van der Waals surface area contributed by atoms with Gasteiger partial charge in [-0.05, 0) is 69.7 Å². The smallest absolute Gasteiger partial charge is 0.408 e. The summed E-state index contributed by atoms with van der Waals surface area (Å²) in [4.78, 5) is 81.9. The molecule has 6 atom stereocenters. The number of hydrogen-bond donors (Lipinski definition) is 4. The van der Waals surface area contributed by atoms with Gasteiger partial charge in [-0.15, -0.1) is 0 Å². The number of rotatable bonds is 13. The number of methoxy groups -OCH3 is 1. The van der Waals surface area contributed by atoms with Crippen molar-refractivity contribution in [2.75, 3.05) is 26.8 Å². The molecule has 3 rings (SSSR count). The monoisotopic (exact) mass is 705 g/mol. The Kier molecular flexibility index (Phi) is 14.7. The fourth-order valence-corrected chi connectivity index (χ4v) is 6.91. The van der Waals surface area contributed by atoms with E-state index in [0.29, 0.717) is 45.2 Å². The van der Waals surface area contributed by atoms with Crippen molar-refractivity contribution in [1.82, 2.24) is 25.8 Å². The molecular weight excluding hydrogens is 654 g/mol. The summed E-state index contributed by atoms with van der Waals surface area (Å²) in [5.41, 5.74) is 0.0561. The molecule has 272 valence electrons. The SMILES string of the molecule is CC[C@H](C)[C@H](NC(=O)[C@H](CO)NC(=O)S[C@H]1CCCN1C(=O)[C@H](Cc1ccccc1)NC(=O)OC(C)(C)C)C(=O)N1CCC[C@H]1C(=O)OC. The summed E-state index contributed by atoms with van der Waals surface area (Å²) >= 11 is 0.813. The predicted octanol–water partition coefficient (Wildman–Crippen LogP) is 2.57. The number of nitrogens with zero attached hydrogens (tertiary/aromatic N) is 2. The van der Waals surface area contributed by atoms with E-state index in [2.05, 4.69) is 16.0 Å². The number of likely N-dealkylation sites (tertiary alicyclic amines) is 2. The van der Waals surface area contributed by atoms with Crippen molar-refractivity contribution in [2.45, 2.75) is 108 Å². The largest absolute Gasteiger partial charge is 0.467 e. The molecule has 0 aliphatic carbocycles. The Morgan fingerprint density at radius 1 is 0.939 bits per heavy atom. The van der Waals surface area contributed by atoms with Crippen LogP contribution in [-0.2, 0) is 35.1 Å². The van der Waals surface area contributed by atoms with E-state index >= 15 is 0 Å². The Morgan fingerprint density at radius 2 is 1.59 bits per heavy atom. The summed E-state index contributed by atoms with van der Waals surface area (Å²) in [6.45, 7) is 8.80. The number of thioether (sulfide) groups is 1. The summed E-state index contributed by atoms with van der Waals surface area (Å²) < 4.78 is 10.3. The van der Waals surface area contributed by atoms with Crippen molar-refractivity contribution >= 4 is 46.8 Å². The molecule has 0 bridgehead atoms. The maximum absolute atomic E-state index is 13.8. The van der Waals surface area contributed by atoms with Crippen molar-refractivity contribution < 1.29 is 43.3 Å². The summed E-state index contributed by atoms with van der Waals surface area (Å²) in [6.07, 6.45) is 2.19. The van der Waals surface area contributed by atoms with Gasteiger partial charge in [0.2, 0.25) is 17.7 Å². The highest BCUT2D eigenvalue weighted by Gasteiger charge is 2.41. The first-order valence-electron chi connectivity index (χ1n) is 16.8. The number of esters is 1. The van der Waals surface area contributed by atoms with Crippen molar-refractivity contribution in [2.24, 2.45) is 5.92 Å². The quantitative estimate of drug-likeness (QED) is 0.223. The number of benzene rings is 1. The lowest BCUT2D eigenvalue weighted by molar-refractivity contribution is -0.152. The second kappa shape index (κ2) is 18.2. The van der Waals surface area contributed by atoms with Crippen LogP contribution in [0.3, 0.4) is 0 Å². The number of hydrogen-bond acceptors (Lipinski definition) is 10. The van der Waals surface area contributed by atoms with Crippen molar-refractivity contribution in [1.29, 1.82) is 0 Å². The Bertz CT molecular complexity index is 1320. The Balaban J connectivity index is 1.68. The highest BCUT2D eigenvalue weighted by molar-refractivity contribution is 8.14. The van der Waals surface area contributed by atoms with Gasteiger partial charge in [-0.2, -0.15) is 0 Å². The van der Waals surface area contributed by atoms with Crippen LogP contribution in [0.2, 0.25) is 0 Å². The lowest BCUT2D eigenvalue weighted by Gasteiger charge is -2.32. The minimum absolute atomic E-state index is 0.208. The van der Waals surface area contributed by atoms with Gasteiger partial charge < -0.3 is 40.3 Å². The van der Waals surface area contributed by atoms with E-state index in [1.54, 1.807) is 27.7 Å². The molecule has 2 heterocycles. The highest BCUT2D eigenvalue weighted by atomic mass is 32.2. The van der Waals surface area contributed by atoms with Gasteiger partial charge in [0.05, 0.1) is 19.1 Å². The van der Waals surface area contributed by atoms with E-state index < -0.39 is 70.9 Å². The molecule has 0 aromatic heterocycles. The Labute approximate surface area is 292 Å². The standard InChI is InChI=1S/C34H51N5O9S/c1-7-21(2)27(30(43)38-17-11-15-25(38)31(44)47-6)37-28(41)24(20-40)36-33(46)49-26-16-12-18-39(26)29(42)23(19-22-13-9-8-10-14-22)35-32(45)48-34(3,4)5/h8-10,13-14,21,23-27,40H,7,11-12,15-20H2,1-6H3,(H,35,45)(H,36,46)(H,37,41)/t21-,23-,24-,25-,26-,27-/m0/s1. The number of alkyl carbamates (subject to hydrolysis) is 1. The molecule has 2 aliphatic heterocycles. The molecule has 14 nitrogen and oxygen atoms in total. The molecule has 2 aliphatic rings. The summed E-state index contributed by atoms with van der Waals surface area (Å²) in [6, 6.07) is 5.15. The molecule has 1 aromatic carbocycles. The van der Waals surface area contributed by atoms with Gasteiger partial charge in [0.25, 0.3) is 5.24 Å². The Hall–Kier alpha value is -3.85. The van der Waals surface area contributed by atoms with Crippen LogP contribution in [0.4, 0.5) is 9.59 Å². The van der Waals surface area contributed by atoms with Crippen molar-refractivity contribution in [3.05, 3.63) is 35.9 Å². The molecule has 49 heavy (non-hydrogen) atoms. The van der Waals surface area contributed by atoms with Gasteiger partial charge in [-0.25, -0.2) is 9.59 Å². The summed E-state index contributed by atoms with van der Waals surface area (Å²) in [7, 11) is 1.26. The van der Waals surface area contributed by atoms with Crippen LogP contribution in [0, 0.1) is 5.92 Å². The average molecular weight is 706 g/mol. The van der Waals surface area contributed by atoms with Crippen molar-refractivity contribution in [3.63, 3.8) is 0 Å². The van der Waals surface area contributed by atoms with Crippen molar-refractivity contribution in [3.8, 4) is 0 Å². The average Bonchev–Trinajstić information content (AvgIpc) is 3.74. The minimum Gasteiger partial charge on any atom is -0.467 e. The van der Waals surface area contributed by atoms with Crippen LogP contribution in [0.25, 0.3) is 0 Å². The third-order valence-electron chi connectivity index (χ3n) is 8.57. The van der Waals surface area contributed by atoms with Gasteiger partial charge in [0.1, 0.15) is 29.8 Å². The normalized spacial score (nSPS) is 20.1. The topological polar surface area (TPSA) is 184 Å². The van der Waals surface area contributed by atoms with Crippen LogP contribution < -0.4 is 16.0 Å². The molecular formula is C34H51N5O9S. The lowest BCUT2D eigenvalue weighted by Crippen LogP contribution is -2.58. The van der Waals surface area contributed by atoms with E-state index in [9.17, 15) is 33.9 Å². The number of nitrogens with one attached hydrogen (secondary N) is 3. The molecule has 0 spiro atoms. The zero-order valence-corrected chi connectivity index (χ0v) is 30.0. The molecule has 2 saturated heterocycles. The summed E-state index contributed by atoms with van der Waals surface area (Å²) in [5.74, 6) is -2.40. The maximum Gasteiger partial charge on any atom is 0.408 e. The molecule has 0 unspecified atom stereocenters. The number of ether oxygens (including phenoxy) is 2. The third kappa shape index (κ3) is 11.3. The van der Waals surface area contributed by atoms with Crippen LogP contribution >= 0.6 is 11.8 Å². The molecule has 0 saturated carbocycles. The first kappa shape index (κ1) is 39.6. The van der Waals surface area contributed by atoms with E-state index in [-0.39, 0.29) is 18.2 Å². The molecule has 2 fully saturated rings. The fraction of sp³-hybridized carbons (Fsp3) is 0.647. The molecule has 0 radical (unpaired) electrons. The maximum atomic E-state index is 13.8. The van der Waals surface area contributed by atoms with Gasteiger partial charge in [0.15, 0.2) is 0 Å². The number of carbonyl (C=O) groups is 6. The van der Waals surface area contributed by atoms with Gasteiger partial charge in [0, 0.05) is 19.5 Å². The lowest BCUT2D eigenvalue weighted by atomic mass is 9.97. The molecule has 5 amide bonds. The van der Waals surface area contributed by atoms with Gasteiger partial charge in [-0.1, -0.05) is 50.6 Å². The van der Waals surface area contributed by atoms with Crippen LogP contribution in [-0.4, -0.2) is 112 Å². The highest BCUT2D eigenvalue weighted by Crippen LogP contribution is 2.29. The zero-order chi connectivity index (χ0) is 36.3. The summed E-state index contributed by atoms with van der Waals surface area (Å²) in [5, 5.41) is 16.7. The first-order valence-corrected chi connectivity index (χ1v) is 17.7. The number of aliphatic hydroxyl groups excluding tert-OH is 1. The number of aliphatic hydroxyl groups is 1. The second-order valence-corrected chi connectivity index (χ2v) is 14.5. The van der Waals surface area contributed by atoms with Crippen LogP contribution in [0.15, 0.2) is 30.3 Å². The van der Waals surface area contributed by atoms with E-state index in [1.807, 2.05) is 37.3 Å². The number of carbonyl (C=O) groups excluding carboxylic acids is 6. The molecule has 15 heteroatoms.